The van der Waals surface area contributed by atoms with Gasteiger partial charge in [0.25, 0.3) is 0 Å². The number of rotatable bonds is 5. The van der Waals surface area contributed by atoms with Gasteiger partial charge in [0.15, 0.2) is 0 Å². The van der Waals surface area contributed by atoms with Crippen molar-refractivity contribution in [1.82, 2.24) is 0 Å². The molecule has 0 saturated heterocycles. The van der Waals surface area contributed by atoms with E-state index in [2.05, 4.69) is 30.3 Å². The molecule has 1 saturated carbocycles. The summed E-state index contributed by atoms with van der Waals surface area (Å²) in [5, 5.41) is 4.18. The van der Waals surface area contributed by atoms with Gasteiger partial charge < -0.3 is 9.57 Å². The van der Waals surface area contributed by atoms with Gasteiger partial charge in [-0.3, -0.25) is 0 Å². The molecular formula is C20H27NO3. The molecule has 0 spiro atoms. The van der Waals surface area contributed by atoms with Crippen molar-refractivity contribution in [2.45, 2.75) is 57.8 Å². The van der Waals surface area contributed by atoms with Gasteiger partial charge in [-0.25, -0.2) is 4.79 Å². The lowest BCUT2D eigenvalue weighted by atomic mass is 9.55. The van der Waals surface area contributed by atoms with Gasteiger partial charge in [0, 0.05) is 31.1 Å². The quantitative estimate of drug-likeness (QED) is 0.462. The molecule has 0 radical (unpaired) electrons. The van der Waals surface area contributed by atoms with Crippen molar-refractivity contribution in [2.24, 2.45) is 11.1 Å². The van der Waals surface area contributed by atoms with Crippen LogP contribution in [0.15, 0.2) is 29.4 Å². The lowest BCUT2D eigenvalue weighted by Gasteiger charge is -2.49. The van der Waals surface area contributed by atoms with Gasteiger partial charge in [0.1, 0.15) is 0 Å². The van der Waals surface area contributed by atoms with E-state index in [0.29, 0.717) is 5.92 Å². The summed E-state index contributed by atoms with van der Waals surface area (Å²) in [4.78, 5) is 16.1. The Kier molecular flexibility index (Phi) is 5.34. The fraction of sp³-hybridized carbons (Fsp3) is 0.600. The van der Waals surface area contributed by atoms with E-state index < -0.39 is 0 Å². The van der Waals surface area contributed by atoms with Gasteiger partial charge in [-0.15, -0.1) is 0 Å². The van der Waals surface area contributed by atoms with Gasteiger partial charge >= 0.3 is 5.97 Å². The van der Waals surface area contributed by atoms with E-state index in [1.807, 2.05) is 6.07 Å². The molecule has 1 aromatic rings. The highest BCUT2D eigenvalue weighted by molar-refractivity contribution is 6.03. The highest BCUT2D eigenvalue weighted by Crippen LogP contribution is 2.52. The summed E-state index contributed by atoms with van der Waals surface area (Å²) in [6.45, 7) is 5.01. The molecule has 4 heteroatoms. The van der Waals surface area contributed by atoms with Crippen LogP contribution in [0.5, 0.6) is 0 Å². The first-order valence-corrected chi connectivity index (χ1v) is 9.09. The summed E-state index contributed by atoms with van der Waals surface area (Å²) in [5.41, 5.74) is 3.61. The monoisotopic (exact) mass is 329 g/mol. The van der Waals surface area contributed by atoms with Crippen molar-refractivity contribution in [3.63, 3.8) is 0 Å². The minimum Gasteiger partial charge on any atom is -0.382 e. The Labute approximate surface area is 144 Å². The van der Waals surface area contributed by atoms with E-state index in [1.165, 1.54) is 38.2 Å². The van der Waals surface area contributed by atoms with Crippen molar-refractivity contribution in [3.05, 3.63) is 35.4 Å². The number of carbonyl (C=O) groups is 1. The molecule has 1 fully saturated rings. The van der Waals surface area contributed by atoms with Crippen LogP contribution < -0.4 is 0 Å². The molecule has 4 nitrogen and oxygen atoms in total. The Morgan fingerprint density at radius 3 is 2.96 bits per heavy atom. The van der Waals surface area contributed by atoms with Crippen LogP contribution in [0.1, 0.15) is 63.5 Å². The first-order chi connectivity index (χ1) is 11.7. The van der Waals surface area contributed by atoms with Crippen molar-refractivity contribution in [2.75, 3.05) is 13.2 Å². The van der Waals surface area contributed by atoms with Crippen LogP contribution in [-0.4, -0.2) is 24.9 Å². The molecule has 1 aromatic carbocycles. The Hall–Kier alpha value is -1.68. The second-order valence-corrected chi connectivity index (χ2v) is 6.92. The lowest BCUT2D eigenvalue weighted by Crippen LogP contribution is -2.44. The number of ether oxygens (including phenoxy) is 1. The van der Waals surface area contributed by atoms with Crippen LogP contribution in [0.3, 0.4) is 0 Å². The van der Waals surface area contributed by atoms with E-state index in [-0.39, 0.29) is 11.4 Å². The molecule has 2 aliphatic carbocycles. The molecule has 2 aliphatic rings. The average Bonchev–Trinajstić information content (AvgIpc) is 2.60. The lowest BCUT2D eigenvalue weighted by molar-refractivity contribution is -0.140. The molecule has 2 atom stereocenters. The number of benzene rings is 1. The normalized spacial score (nSPS) is 27.4. The van der Waals surface area contributed by atoms with Crippen LogP contribution in [0.4, 0.5) is 0 Å². The van der Waals surface area contributed by atoms with E-state index >= 15 is 0 Å². The second kappa shape index (κ2) is 7.47. The summed E-state index contributed by atoms with van der Waals surface area (Å²) < 4.78 is 5.70. The smallest absolute Gasteiger partial charge is 0.331 e. The average molecular weight is 329 g/mol. The van der Waals surface area contributed by atoms with E-state index in [9.17, 15) is 4.79 Å². The maximum Gasteiger partial charge on any atom is 0.331 e. The summed E-state index contributed by atoms with van der Waals surface area (Å²) >= 11 is 0. The molecule has 0 heterocycles. The van der Waals surface area contributed by atoms with Crippen LogP contribution in [-0.2, 0) is 19.8 Å². The molecule has 0 unspecified atom stereocenters. The van der Waals surface area contributed by atoms with Crippen molar-refractivity contribution in [3.8, 4) is 0 Å². The molecule has 0 amide bonds. The largest absolute Gasteiger partial charge is 0.382 e. The van der Waals surface area contributed by atoms with Crippen LogP contribution in [0.25, 0.3) is 0 Å². The molecule has 0 N–H and O–H groups in total. The first kappa shape index (κ1) is 17.2. The highest BCUT2D eigenvalue weighted by atomic mass is 16.7. The number of hydrogen-bond donors (Lipinski definition) is 0. The summed E-state index contributed by atoms with van der Waals surface area (Å²) in [7, 11) is 0. The van der Waals surface area contributed by atoms with Crippen LogP contribution >= 0.6 is 0 Å². The zero-order valence-electron chi connectivity index (χ0n) is 14.7. The minimum absolute atomic E-state index is 0.180. The molecule has 0 bridgehead atoms. The molecule has 24 heavy (non-hydrogen) atoms. The Morgan fingerprint density at radius 1 is 1.33 bits per heavy atom. The fourth-order valence-corrected chi connectivity index (χ4v) is 4.54. The summed E-state index contributed by atoms with van der Waals surface area (Å²) in [6, 6.07) is 8.51. The van der Waals surface area contributed by atoms with E-state index in [4.69, 9.17) is 9.57 Å². The second-order valence-electron chi connectivity index (χ2n) is 6.92. The third-order valence-corrected chi connectivity index (χ3v) is 5.60. The maximum atomic E-state index is 11.2. The topological polar surface area (TPSA) is 47.9 Å². The molecule has 130 valence electrons. The van der Waals surface area contributed by atoms with Crippen molar-refractivity contribution in [1.29, 1.82) is 0 Å². The number of oxime groups is 1. The first-order valence-electron chi connectivity index (χ1n) is 9.09. The Balaban J connectivity index is 2.00. The third-order valence-electron chi connectivity index (χ3n) is 5.60. The standard InChI is InChI=1S/C20H27NO3/c1-3-23-13-12-20-11-7-6-8-16(20)14-19(21-24-15(2)22)17-9-4-5-10-18(17)20/h4-5,9-10,16H,3,6-8,11-14H2,1-2H3/b21-19-/t16-,20+/m1/s1. The Morgan fingerprint density at radius 2 is 2.17 bits per heavy atom. The SMILES string of the molecule is CCOCC[C@@]12CCCC[C@@H]1C/C(=N/OC(C)=O)c1ccccc12. The maximum absolute atomic E-state index is 11.2. The van der Waals surface area contributed by atoms with Crippen LogP contribution in [0.2, 0.25) is 0 Å². The van der Waals surface area contributed by atoms with Gasteiger partial charge in [0.05, 0.1) is 5.71 Å². The number of carbonyl (C=O) groups excluding carboxylic acids is 1. The van der Waals surface area contributed by atoms with Gasteiger partial charge in [0.2, 0.25) is 0 Å². The zero-order valence-corrected chi connectivity index (χ0v) is 14.7. The molecular weight excluding hydrogens is 302 g/mol. The molecule has 0 aromatic heterocycles. The molecule has 3 rings (SSSR count). The Bertz CT molecular complexity index is 625. The summed E-state index contributed by atoms with van der Waals surface area (Å²) in [6.07, 6.45) is 6.90. The number of fused-ring (bicyclic) bond motifs is 3. The van der Waals surface area contributed by atoms with Crippen LogP contribution in [0, 0.1) is 5.92 Å². The minimum atomic E-state index is -0.364. The number of nitrogens with zero attached hydrogens (tertiary/aromatic N) is 1. The fourth-order valence-electron chi connectivity index (χ4n) is 4.54. The van der Waals surface area contributed by atoms with E-state index in [1.54, 1.807) is 0 Å². The zero-order chi connectivity index (χ0) is 17.0. The highest BCUT2D eigenvalue weighted by Gasteiger charge is 2.46. The van der Waals surface area contributed by atoms with Gasteiger partial charge in [-0.2, -0.15) is 0 Å². The third kappa shape index (κ3) is 3.25. The summed E-state index contributed by atoms with van der Waals surface area (Å²) in [5.74, 6) is 0.188. The predicted molar refractivity (Wildman–Crippen MR) is 94.1 cm³/mol. The van der Waals surface area contributed by atoms with Crippen molar-refractivity contribution < 1.29 is 14.4 Å². The molecule has 0 aliphatic heterocycles. The van der Waals surface area contributed by atoms with Gasteiger partial charge in [-0.05, 0) is 44.1 Å². The van der Waals surface area contributed by atoms with Crippen molar-refractivity contribution >= 4 is 11.7 Å². The predicted octanol–water partition coefficient (Wildman–Crippen LogP) is 4.21. The van der Waals surface area contributed by atoms with Gasteiger partial charge in [-0.1, -0.05) is 42.3 Å². The van der Waals surface area contributed by atoms with E-state index in [0.717, 1.165) is 37.3 Å². The number of hydrogen-bond acceptors (Lipinski definition) is 4.